The molecule has 21 heavy (non-hydrogen) atoms. The van der Waals surface area contributed by atoms with Gasteiger partial charge in [0, 0.05) is 20.0 Å². The van der Waals surface area contributed by atoms with E-state index >= 15 is 0 Å². The molecule has 0 aromatic heterocycles. The van der Waals surface area contributed by atoms with E-state index in [1.807, 2.05) is 0 Å². The number of benzene rings is 1. The third-order valence-electron chi connectivity index (χ3n) is 2.85. The first-order valence-corrected chi connectivity index (χ1v) is 6.74. The van der Waals surface area contributed by atoms with E-state index < -0.39 is 12.1 Å². The van der Waals surface area contributed by atoms with Crippen molar-refractivity contribution in [3.8, 4) is 5.75 Å². The first-order valence-electron chi connectivity index (χ1n) is 6.74. The van der Waals surface area contributed by atoms with Gasteiger partial charge in [-0.1, -0.05) is 6.07 Å². The second kappa shape index (κ2) is 7.52. The summed E-state index contributed by atoms with van der Waals surface area (Å²) in [7, 11) is 1.59. The van der Waals surface area contributed by atoms with E-state index in [0.717, 1.165) is 5.56 Å². The molecule has 0 bridgehead atoms. The lowest BCUT2D eigenvalue weighted by atomic mass is 10.0. The normalized spacial score (nSPS) is 10.5. The van der Waals surface area contributed by atoms with Crippen molar-refractivity contribution >= 4 is 12.1 Å². The van der Waals surface area contributed by atoms with Crippen LogP contribution in [0.1, 0.15) is 31.4 Å². The number of nitrogens with zero attached hydrogens (tertiary/aromatic N) is 1. The SMILES string of the molecule is CC(C)OC(=O)N(C)Cc1cc(O)ccc1CCC(=O)O. The molecule has 0 fully saturated rings. The summed E-state index contributed by atoms with van der Waals surface area (Å²) >= 11 is 0. The number of aromatic hydroxyl groups is 1. The van der Waals surface area contributed by atoms with Crippen LogP contribution in [0.15, 0.2) is 18.2 Å². The van der Waals surface area contributed by atoms with Gasteiger partial charge in [0.05, 0.1) is 6.10 Å². The zero-order valence-electron chi connectivity index (χ0n) is 12.5. The third-order valence-corrected chi connectivity index (χ3v) is 2.85. The lowest BCUT2D eigenvalue weighted by Crippen LogP contribution is -2.29. The highest BCUT2D eigenvalue weighted by atomic mass is 16.6. The molecule has 0 aliphatic rings. The molecule has 1 aromatic carbocycles. The molecule has 0 heterocycles. The van der Waals surface area contributed by atoms with Crippen molar-refractivity contribution < 1.29 is 24.5 Å². The van der Waals surface area contributed by atoms with Crippen LogP contribution in [0, 0.1) is 0 Å². The smallest absolute Gasteiger partial charge is 0.410 e. The number of phenolic OH excluding ortho intramolecular Hbond substituents is 1. The van der Waals surface area contributed by atoms with E-state index in [1.54, 1.807) is 27.0 Å². The summed E-state index contributed by atoms with van der Waals surface area (Å²) in [4.78, 5) is 23.8. The first kappa shape index (κ1) is 16.8. The molecule has 0 atom stereocenters. The highest BCUT2D eigenvalue weighted by molar-refractivity contribution is 5.68. The van der Waals surface area contributed by atoms with Crippen LogP contribution >= 0.6 is 0 Å². The van der Waals surface area contributed by atoms with Crippen molar-refractivity contribution in [3.63, 3.8) is 0 Å². The maximum Gasteiger partial charge on any atom is 0.410 e. The van der Waals surface area contributed by atoms with Gasteiger partial charge in [0.15, 0.2) is 0 Å². The Hall–Kier alpha value is -2.24. The predicted molar refractivity (Wildman–Crippen MR) is 77.1 cm³/mol. The fourth-order valence-corrected chi connectivity index (χ4v) is 1.86. The van der Waals surface area contributed by atoms with Crippen LogP contribution in [0.4, 0.5) is 4.79 Å². The molecule has 0 aliphatic carbocycles. The molecule has 6 nitrogen and oxygen atoms in total. The van der Waals surface area contributed by atoms with Gasteiger partial charge in [-0.15, -0.1) is 0 Å². The van der Waals surface area contributed by atoms with Crippen LogP contribution < -0.4 is 0 Å². The number of hydrogen-bond acceptors (Lipinski definition) is 4. The van der Waals surface area contributed by atoms with E-state index in [2.05, 4.69) is 0 Å². The minimum absolute atomic E-state index is 0.00205. The summed E-state index contributed by atoms with van der Waals surface area (Å²) in [6, 6.07) is 4.72. The second-order valence-corrected chi connectivity index (χ2v) is 5.14. The Kier molecular flexibility index (Phi) is 6.02. The van der Waals surface area contributed by atoms with Crippen molar-refractivity contribution in [3.05, 3.63) is 29.3 Å². The fourth-order valence-electron chi connectivity index (χ4n) is 1.86. The average Bonchev–Trinajstić information content (AvgIpc) is 2.36. The Morgan fingerprint density at radius 2 is 1.95 bits per heavy atom. The minimum Gasteiger partial charge on any atom is -0.508 e. The molecule has 0 radical (unpaired) electrons. The number of rotatable bonds is 6. The third kappa shape index (κ3) is 5.72. The molecule has 1 aromatic rings. The van der Waals surface area contributed by atoms with Crippen LogP contribution in [-0.4, -0.2) is 40.3 Å². The molecule has 6 heteroatoms. The molecule has 1 amide bonds. The summed E-state index contributed by atoms with van der Waals surface area (Å²) in [5.41, 5.74) is 1.50. The number of hydrogen-bond donors (Lipinski definition) is 2. The zero-order chi connectivity index (χ0) is 16.0. The molecule has 1 rings (SSSR count). The van der Waals surface area contributed by atoms with Gasteiger partial charge in [-0.2, -0.15) is 0 Å². The van der Waals surface area contributed by atoms with Gasteiger partial charge in [0.25, 0.3) is 0 Å². The summed E-state index contributed by atoms with van der Waals surface area (Å²) in [6.45, 7) is 3.77. The van der Waals surface area contributed by atoms with Crippen molar-refractivity contribution in [1.29, 1.82) is 0 Å². The quantitative estimate of drug-likeness (QED) is 0.841. The lowest BCUT2D eigenvalue weighted by Gasteiger charge is -2.20. The van der Waals surface area contributed by atoms with Crippen LogP contribution in [-0.2, 0) is 22.5 Å². The highest BCUT2D eigenvalue weighted by Crippen LogP contribution is 2.20. The summed E-state index contributed by atoms with van der Waals surface area (Å²) in [5, 5.41) is 18.3. The topological polar surface area (TPSA) is 87.1 Å². The first-order chi connectivity index (χ1) is 9.79. The van der Waals surface area contributed by atoms with Crippen LogP contribution in [0.25, 0.3) is 0 Å². The Morgan fingerprint density at radius 1 is 1.29 bits per heavy atom. The van der Waals surface area contributed by atoms with Gasteiger partial charge in [-0.25, -0.2) is 4.79 Å². The van der Waals surface area contributed by atoms with Gasteiger partial charge >= 0.3 is 12.1 Å². The largest absolute Gasteiger partial charge is 0.508 e. The summed E-state index contributed by atoms with van der Waals surface area (Å²) in [5.74, 6) is -0.809. The number of carboxylic acid groups (broad SMARTS) is 1. The van der Waals surface area contributed by atoms with E-state index in [4.69, 9.17) is 9.84 Å². The van der Waals surface area contributed by atoms with Gasteiger partial charge in [-0.05, 0) is 43.5 Å². The Labute approximate surface area is 124 Å². The molecular formula is C15H21NO5. The Bertz CT molecular complexity index is 513. The van der Waals surface area contributed by atoms with Gasteiger partial charge in [0.1, 0.15) is 5.75 Å². The maximum absolute atomic E-state index is 11.8. The van der Waals surface area contributed by atoms with Crippen molar-refractivity contribution in [2.75, 3.05) is 7.05 Å². The standard InChI is InChI=1S/C15H21NO5/c1-10(2)21-15(20)16(3)9-12-8-13(17)6-4-11(12)5-7-14(18)19/h4,6,8,10,17H,5,7,9H2,1-3H3,(H,18,19). The molecule has 2 N–H and O–H groups in total. The van der Waals surface area contributed by atoms with Crippen molar-refractivity contribution in [2.45, 2.75) is 39.3 Å². The number of aliphatic carboxylic acids is 1. The number of carbonyl (C=O) groups is 2. The highest BCUT2D eigenvalue weighted by Gasteiger charge is 2.15. The molecule has 0 saturated carbocycles. The molecule has 116 valence electrons. The minimum atomic E-state index is -0.887. The number of ether oxygens (including phenoxy) is 1. The molecule has 0 unspecified atom stereocenters. The fraction of sp³-hybridized carbons (Fsp3) is 0.467. The monoisotopic (exact) mass is 295 g/mol. The molecular weight excluding hydrogens is 274 g/mol. The van der Waals surface area contributed by atoms with E-state index in [9.17, 15) is 14.7 Å². The van der Waals surface area contributed by atoms with Crippen molar-refractivity contribution in [2.24, 2.45) is 0 Å². The van der Waals surface area contributed by atoms with Crippen LogP contribution in [0.5, 0.6) is 5.75 Å². The second-order valence-electron chi connectivity index (χ2n) is 5.14. The van der Waals surface area contributed by atoms with Crippen molar-refractivity contribution in [1.82, 2.24) is 4.90 Å². The lowest BCUT2D eigenvalue weighted by molar-refractivity contribution is -0.136. The zero-order valence-corrected chi connectivity index (χ0v) is 12.5. The predicted octanol–water partition coefficient (Wildman–Crippen LogP) is 2.39. The van der Waals surface area contributed by atoms with Gasteiger partial charge in [-0.3, -0.25) is 4.79 Å². The number of phenols is 1. The van der Waals surface area contributed by atoms with Gasteiger partial charge in [0.2, 0.25) is 0 Å². The maximum atomic E-state index is 11.8. The van der Waals surface area contributed by atoms with Crippen LogP contribution in [0.3, 0.4) is 0 Å². The number of carboxylic acids is 1. The number of amides is 1. The molecule has 0 saturated heterocycles. The summed E-state index contributed by atoms with van der Waals surface area (Å²) < 4.78 is 5.08. The van der Waals surface area contributed by atoms with E-state index in [-0.39, 0.29) is 24.8 Å². The number of carbonyl (C=O) groups excluding carboxylic acids is 1. The van der Waals surface area contributed by atoms with E-state index in [1.165, 1.54) is 17.0 Å². The van der Waals surface area contributed by atoms with Crippen LogP contribution in [0.2, 0.25) is 0 Å². The molecule has 0 spiro atoms. The Balaban J connectivity index is 2.82. The molecule has 0 aliphatic heterocycles. The summed E-state index contributed by atoms with van der Waals surface area (Å²) in [6.07, 6.45) is -0.330. The Morgan fingerprint density at radius 3 is 2.52 bits per heavy atom. The average molecular weight is 295 g/mol. The number of aryl methyl sites for hydroxylation is 1. The van der Waals surface area contributed by atoms with Gasteiger partial charge < -0.3 is 19.8 Å². The van der Waals surface area contributed by atoms with E-state index in [0.29, 0.717) is 12.0 Å².